The predicted octanol–water partition coefficient (Wildman–Crippen LogP) is 19.3. The lowest BCUT2D eigenvalue weighted by molar-refractivity contribution is 0.664. The molecule has 2 aromatic heterocycles. The number of aryl methyl sites for hydroxylation is 4. The number of fused-ring (bicyclic) bond motifs is 9. The molecule has 13 rings (SSSR count). The van der Waals surface area contributed by atoms with Gasteiger partial charge in [-0.1, -0.05) is 144 Å². The number of hydrogen-bond acceptors (Lipinski definition) is 4. The van der Waals surface area contributed by atoms with Crippen molar-refractivity contribution in [1.29, 1.82) is 0 Å². The van der Waals surface area contributed by atoms with Crippen molar-refractivity contribution in [3.05, 3.63) is 241 Å². The van der Waals surface area contributed by atoms with Gasteiger partial charge in [-0.25, -0.2) is 0 Å². The average Bonchev–Trinajstić information content (AvgIpc) is 3.95. The first-order chi connectivity index (χ1) is 34.3. The number of anilines is 6. The molecule has 0 aliphatic heterocycles. The highest BCUT2D eigenvalue weighted by Crippen LogP contribution is 2.52. The average molecular weight is 901 g/mol. The standard InChI is InChI=1S/C66H48N2O2/c1-41-15-25-51(26-16-41)67(52-27-17-42(2)18-28-52)55-33-23-47-37-57-59(39-49(47)35-55)70-66-63(57)61(45-11-7-5-8-12-45)62(46-13-9-6-10-14-46)65-64(66)58-38-48-24-34-56(36-50(48)40-60(58)69-65)68(53-29-19-43(3)20-30-53)54-31-21-44(4)22-32-54/h5-40H,1-4H3. The Morgan fingerprint density at radius 2 is 0.643 bits per heavy atom. The van der Waals surface area contributed by atoms with Crippen LogP contribution in [0.5, 0.6) is 0 Å². The molecule has 0 atom stereocenters. The van der Waals surface area contributed by atoms with Gasteiger partial charge in [0.15, 0.2) is 0 Å². The molecule has 0 saturated heterocycles. The van der Waals surface area contributed by atoms with E-state index >= 15 is 0 Å². The highest BCUT2D eigenvalue weighted by atomic mass is 16.3. The molecule has 11 aromatic carbocycles. The van der Waals surface area contributed by atoms with Crippen molar-refractivity contribution in [2.75, 3.05) is 9.80 Å². The summed E-state index contributed by atoms with van der Waals surface area (Å²) >= 11 is 0. The molecule has 4 nitrogen and oxygen atoms in total. The van der Waals surface area contributed by atoms with E-state index in [1.54, 1.807) is 0 Å². The summed E-state index contributed by atoms with van der Waals surface area (Å²) in [5, 5.41) is 8.57. The van der Waals surface area contributed by atoms with Crippen LogP contribution in [0.2, 0.25) is 0 Å². The van der Waals surface area contributed by atoms with Gasteiger partial charge in [0.05, 0.1) is 5.39 Å². The quantitative estimate of drug-likeness (QED) is 0.152. The number of nitrogens with zero attached hydrogens (tertiary/aromatic N) is 2. The summed E-state index contributed by atoms with van der Waals surface area (Å²) in [6.07, 6.45) is 0. The molecule has 0 unspecified atom stereocenters. The van der Waals surface area contributed by atoms with Crippen LogP contribution < -0.4 is 9.80 Å². The van der Waals surface area contributed by atoms with E-state index in [0.29, 0.717) is 0 Å². The Kier molecular flexibility index (Phi) is 9.70. The first-order valence-electron chi connectivity index (χ1n) is 24.1. The van der Waals surface area contributed by atoms with Gasteiger partial charge in [0.1, 0.15) is 22.3 Å². The fourth-order valence-electron chi connectivity index (χ4n) is 10.4. The molecule has 0 radical (unpaired) electrons. The maximum Gasteiger partial charge on any atom is 0.147 e. The number of furan rings is 2. The second kappa shape index (κ2) is 16.4. The molecular formula is C66H48N2O2. The zero-order chi connectivity index (χ0) is 47.0. The molecule has 334 valence electrons. The van der Waals surface area contributed by atoms with Gasteiger partial charge in [0.2, 0.25) is 0 Å². The van der Waals surface area contributed by atoms with Crippen molar-refractivity contribution in [2.24, 2.45) is 0 Å². The van der Waals surface area contributed by atoms with Crippen molar-refractivity contribution < 1.29 is 8.83 Å². The van der Waals surface area contributed by atoms with E-state index < -0.39 is 0 Å². The number of benzene rings is 11. The summed E-state index contributed by atoms with van der Waals surface area (Å²) in [4.78, 5) is 4.66. The topological polar surface area (TPSA) is 32.8 Å². The van der Waals surface area contributed by atoms with Gasteiger partial charge in [0, 0.05) is 61.4 Å². The molecular weight excluding hydrogens is 853 g/mol. The summed E-state index contributed by atoms with van der Waals surface area (Å²) in [6, 6.07) is 79.0. The molecule has 13 aromatic rings. The molecule has 0 spiro atoms. The van der Waals surface area contributed by atoms with Crippen LogP contribution >= 0.6 is 0 Å². The smallest absolute Gasteiger partial charge is 0.147 e. The van der Waals surface area contributed by atoms with Crippen LogP contribution in [0.15, 0.2) is 227 Å². The zero-order valence-corrected chi connectivity index (χ0v) is 39.5. The molecule has 0 bridgehead atoms. The SMILES string of the molecule is Cc1ccc(N(c2ccc(C)cc2)c2ccc3cc4c(cc3c2)oc2c4c(-c3ccccc3)c(-c3ccccc3)c3oc4cc5cc(N(c6ccc(C)cc6)c6ccc(C)cc6)ccc5cc4c32)cc1. The maximum absolute atomic E-state index is 7.29. The van der Waals surface area contributed by atoms with Crippen LogP contribution in [0, 0.1) is 27.7 Å². The minimum absolute atomic E-state index is 0.807. The summed E-state index contributed by atoms with van der Waals surface area (Å²) in [6.45, 7) is 8.52. The Balaban J connectivity index is 1.06. The Bertz CT molecular complexity index is 4020. The summed E-state index contributed by atoms with van der Waals surface area (Å²) in [5.74, 6) is 0. The second-order valence-corrected chi connectivity index (χ2v) is 18.9. The summed E-state index contributed by atoms with van der Waals surface area (Å²) in [7, 11) is 0. The summed E-state index contributed by atoms with van der Waals surface area (Å²) in [5.41, 5.74) is 19.0. The van der Waals surface area contributed by atoms with Gasteiger partial charge in [-0.15, -0.1) is 0 Å². The van der Waals surface area contributed by atoms with Crippen LogP contribution in [0.25, 0.3) is 87.7 Å². The van der Waals surface area contributed by atoms with E-state index in [2.05, 4.69) is 256 Å². The first kappa shape index (κ1) is 41.3. The van der Waals surface area contributed by atoms with Gasteiger partial charge < -0.3 is 18.6 Å². The molecule has 0 N–H and O–H groups in total. The minimum atomic E-state index is 0.807. The molecule has 0 aliphatic rings. The molecule has 0 saturated carbocycles. The zero-order valence-electron chi connectivity index (χ0n) is 39.5. The molecule has 70 heavy (non-hydrogen) atoms. The predicted molar refractivity (Wildman–Crippen MR) is 295 cm³/mol. The second-order valence-electron chi connectivity index (χ2n) is 18.9. The van der Waals surface area contributed by atoms with Gasteiger partial charge >= 0.3 is 0 Å². The van der Waals surface area contributed by atoms with Crippen molar-refractivity contribution in [3.8, 4) is 22.3 Å². The summed E-state index contributed by atoms with van der Waals surface area (Å²) < 4.78 is 14.5. The Morgan fingerprint density at radius 3 is 1.06 bits per heavy atom. The van der Waals surface area contributed by atoms with Crippen molar-refractivity contribution in [2.45, 2.75) is 27.7 Å². The first-order valence-corrected chi connectivity index (χ1v) is 24.1. The third kappa shape index (κ3) is 6.99. The molecule has 2 heterocycles. The highest BCUT2D eigenvalue weighted by molar-refractivity contribution is 6.32. The normalized spacial score (nSPS) is 11.7. The largest absolute Gasteiger partial charge is 0.455 e. The Labute approximate surface area is 406 Å². The van der Waals surface area contributed by atoms with Crippen molar-refractivity contribution in [1.82, 2.24) is 0 Å². The van der Waals surface area contributed by atoms with E-state index in [1.807, 2.05) is 0 Å². The Hall–Kier alpha value is -8.86. The van der Waals surface area contributed by atoms with Gasteiger partial charge in [-0.2, -0.15) is 0 Å². The van der Waals surface area contributed by atoms with Gasteiger partial charge in [-0.05, 0) is 157 Å². The van der Waals surface area contributed by atoms with Crippen LogP contribution in [0.1, 0.15) is 22.3 Å². The fourth-order valence-corrected chi connectivity index (χ4v) is 10.4. The number of hydrogen-bond donors (Lipinski definition) is 0. The molecule has 4 heteroatoms. The molecule has 0 fully saturated rings. The molecule has 0 amide bonds. The highest BCUT2D eigenvalue weighted by Gasteiger charge is 2.27. The van der Waals surface area contributed by atoms with Crippen molar-refractivity contribution >= 4 is 99.5 Å². The van der Waals surface area contributed by atoms with E-state index in [1.165, 1.54) is 22.3 Å². The fraction of sp³-hybridized carbons (Fsp3) is 0.0606. The lowest BCUT2D eigenvalue weighted by Gasteiger charge is -2.26. The van der Waals surface area contributed by atoms with E-state index in [0.717, 1.165) is 122 Å². The van der Waals surface area contributed by atoms with Crippen LogP contribution in [0.3, 0.4) is 0 Å². The third-order valence-corrected chi connectivity index (χ3v) is 14.0. The van der Waals surface area contributed by atoms with Crippen LogP contribution in [-0.4, -0.2) is 0 Å². The molecule has 0 aliphatic carbocycles. The van der Waals surface area contributed by atoms with Crippen LogP contribution in [-0.2, 0) is 0 Å². The van der Waals surface area contributed by atoms with Crippen molar-refractivity contribution in [3.63, 3.8) is 0 Å². The maximum atomic E-state index is 7.29. The minimum Gasteiger partial charge on any atom is -0.455 e. The van der Waals surface area contributed by atoms with Gasteiger partial charge in [-0.3, -0.25) is 0 Å². The lowest BCUT2D eigenvalue weighted by Crippen LogP contribution is -2.09. The van der Waals surface area contributed by atoms with Crippen LogP contribution in [0.4, 0.5) is 34.1 Å². The third-order valence-electron chi connectivity index (χ3n) is 14.0. The Morgan fingerprint density at radius 1 is 0.286 bits per heavy atom. The number of rotatable bonds is 8. The van der Waals surface area contributed by atoms with E-state index in [-0.39, 0.29) is 0 Å². The van der Waals surface area contributed by atoms with Gasteiger partial charge in [0.25, 0.3) is 0 Å². The monoisotopic (exact) mass is 900 g/mol. The lowest BCUT2D eigenvalue weighted by atomic mass is 9.88. The van der Waals surface area contributed by atoms with E-state index in [9.17, 15) is 0 Å². The van der Waals surface area contributed by atoms with E-state index in [4.69, 9.17) is 8.83 Å².